The normalized spacial score (nSPS) is 11.1. The van der Waals surface area contributed by atoms with Gasteiger partial charge in [0.1, 0.15) is 12.6 Å². The quantitative estimate of drug-likeness (QED) is 0.536. The van der Waals surface area contributed by atoms with Crippen LogP contribution >= 0.6 is 0 Å². The van der Waals surface area contributed by atoms with Crippen LogP contribution < -0.4 is 14.8 Å². The van der Waals surface area contributed by atoms with E-state index in [1.165, 1.54) is 21.1 Å². The van der Waals surface area contributed by atoms with Crippen LogP contribution in [-0.2, 0) is 32.1 Å². The van der Waals surface area contributed by atoms with E-state index in [4.69, 9.17) is 18.9 Å². The van der Waals surface area contributed by atoms with Gasteiger partial charge in [0.25, 0.3) is 0 Å². The van der Waals surface area contributed by atoms with Crippen LogP contribution in [0.15, 0.2) is 48.5 Å². The van der Waals surface area contributed by atoms with Gasteiger partial charge in [-0.1, -0.05) is 36.4 Å². The predicted octanol–water partition coefficient (Wildman–Crippen LogP) is 2.63. The zero-order chi connectivity index (χ0) is 21.2. The number of hydrogen-bond donors (Lipinski definition) is 1. The predicted molar refractivity (Wildman–Crippen MR) is 104 cm³/mol. The second kappa shape index (κ2) is 10.7. The number of amides is 1. The van der Waals surface area contributed by atoms with Gasteiger partial charge in [-0.2, -0.15) is 0 Å². The lowest BCUT2D eigenvalue weighted by Gasteiger charge is -2.17. The third-order valence-electron chi connectivity index (χ3n) is 3.91. The van der Waals surface area contributed by atoms with E-state index in [2.05, 4.69) is 5.32 Å². The Morgan fingerprint density at radius 3 is 2.31 bits per heavy atom. The van der Waals surface area contributed by atoms with E-state index in [0.717, 1.165) is 5.56 Å². The van der Waals surface area contributed by atoms with E-state index >= 15 is 0 Å². The molecule has 1 N–H and O–H groups in total. The summed E-state index contributed by atoms with van der Waals surface area (Å²) in [5.41, 5.74) is 1.44. The lowest BCUT2D eigenvalue weighted by Crippen LogP contribution is -2.43. The zero-order valence-electron chi connectivity index (χ0n) is 16.5. The van der Waals surface area contributed by atoms with E-state index in [1.54, 1.807) is 18.2 Å². The van der Waals surface area contributed by atoms with Crippen molar-refractivity contribution in [3.8, 4) is 11.5 Å². The topological polar surface area (TPSA) is 100 Å². The molecule has 154 valence electrons. The van der Waals surface area contributed by atoms with Gasteiger partial charge in [-0.25, -0.2) is 9.59 Å². The fraction of sp³-hybridized carbons (Fsp3) is 0.286. The minimum atomic E-state index is -0.984. The first-order valence-corrected chi connectivity index (χ1v) is 8.83. The SMILES string of the molecule is COC(=O)[C@H](Cc1ccc(OC)c(OC(C)=O)c1)NC(=O)OCc1ccccc1. The Morgan fingerprint density at radius 1 is 0.966 bits per heavy atom. The number of nitrogens with one attached hydrogen (secondary N) is 1. The van der Waals surface area contributed by atoms with Crippen LogP contribution in [0.1, 0.15) is 18.1 Å². The fourth-order valence-corrected chi connectivity index (χ4v) is 2.56. The minimum Gasteiger partial charge on any atom is -0.493 e. The Balaban J connectivity index is 2.07. The largest absolute Gasteiger partial charge is 0.493 e. The van der Waals surface area contributed by atoms with Crippen molar-refractivity contribution < 1.29 is 33.3 Å². The van der Waals surface area contributed by atoms with E-state index in [9.17, 15) is 14.4 Å². The lowest BCUT2D eigenvalue weighted by atomic mass is 10.1. The van der Waals surface area contributed by atoms with Crippen molar-refractivity contribution in [3.05, 3.63) is 59.7 Å². The Morgan fingerprint density at radius 2 is 1.69 bits per heavy atom. The third kappa shape index (κ3) is 6.84. The first-order chi connectivity index (χ1) is 13.9. The average Bonchev–Trinajstić information content (AvgIpc) is 2.71. The van der Waals surface area contributed by atoms with Crippen molar-refractivity contribution >= 4 is 18.0 Å². The fourth-order valence-electron chi connectivity index (χ4n) is 2.56. The Hall–Kier alpha value is -3.55. The molecular weight excluding hydrogens is 378 g/mol. The van der Waals surface area contributed by atoms with Crippen molar-refractivity contribution in [1.29, 1.82) is 0 Å². The summed E-state index contributed by atoms with van der Waals surface area (Å²) in [7, 11) is 2.67. The zero-order valence-corrected chi connectivity index (χ0v) is 16.5. The number of methoxy groups -OCH3 is 2. The number of rotatable bonds is 8. The van der Waals surface area contributed by atoms with Crippen molar-refractivity contribution in [1.82, 2.24) is 5.32 Å². The van der Waals surface area contributed by atoms with Crippen LogP contribution in [0, 0.1) is 0 Å². The maximum Gasteiger partial charge on any atom is 0.408 e. The molecule has 0 aliphatic rings. The average molecular weight is 401 g/mol. The number of benzene rings is 2. The molecule has 0 aliphatic carbocycles. The van der Waals surface area contributed by atoms with Crippen LogP contribution in [0.4, 0.5) is 4.79 Å². The number of ether oxygens (including phenoxy) is 4. The molecule has 0 bridgehead atoms. The molecule has 0 saturated heterocycles. The van der Waals surface area contributed by atoms with Gasteiger partial charge < -0.3 is 24.3 Å². The molecule has 2 aromatic rings. The van der Waals surface area contributed by atoms with Crippen molar-refractivity contribution in [3.63, 3.8) is 0 Å². The lowest BCUT2D eigenvalue weighted by molar-refractivity contribution is -0.143. The molecule has 1 atom stereocenters. The standard InChI is InChI=1S/C21H23NO7/c1-14(23)29-19-12-16(9-10-18(19)26-2)11-17(20(24)27-3)22-21(25)28-13-15-7-5-4-6-8-15/h4-10,12,17H,11,13H2,1-3H3,(H,22,25)/t17-/m0/s1. The van der Waals surface area contributed by atoms with Gasteiger partial charge in [-0.15, -0.1) is 0 Å². The number of alkyl carbamates (subject to hydrolysis) is 1. The smallest absolute Gasteiger partial charge is 0.408 e. The molecule has 2 rings (SSSR count). The number of carbonyl (C=O) groups is 3. The van der Waals surface area contributed by atoms with E-state index in [-0.39, 0.29) is 18.8 Å². The molecule has 0 fully saturated rings. The molecule has 8 heteroatoms. The van der Waals surface area contributed by atoms with Gasteiger partial charge in [0.2, 0.25) is 0 Å². The molecule has 2 aromatic carbocycles. The molecule has 1 amide bonds. The molecular formula is C21H23NO7. The van der Waals surface area contributed by atoms with Crippen LogP contribution in [0.5, 0.6) is 11.5 Å². The number of esters is 2. The summed E-state index contributed by atoms with van der Waals surface area (Å²) in [6.45, 7) is 1.34. The molecule has 8 nitrogen and oxygen atoms in total. The summed E-state index contributed by atoms with van der Waals surface area (Å²) >= 11 is 0. The highest BCUT2D eigenvalue weighted by Gasteiger charge is 2.23. The van der Waals surface area contributed by atoms with Gasteiger partial charge in [0, 0.05) is 13.3 Å². The van der Waals surface area contributed by atoms with E-state index in [0.29, 0.717) is 11.3 Å². The summed E-state index contributed by atoms with van der Waals surface area (Å²) in [6.07, 6.45) is -0.649. The molecule has 0 saturated carbocycles. The van der Waals surface area contributed by atoms with Gasteiger partial charge in [-0.3, -0.25) is 4.79 Å². The summed E-state index contributed by atoms with van der Waals surface area (Å²) in [5.74, 6) is -0.555. The summed E-state index contributed by atoms with van der Waals surface area (Å²) in [6, 6.07) is 13.0. The Kier molecular flexibility index (Phi) is 8.02. The first kappa shape index (κ1) is 21.7. The minimum absolute atomic E-state index is 0.0691. The first-order valence-electron chi connectivity index (χ1n) is 8.83. The summed E-state index contributed by atoms with van der Waals surface area (Å²) < 4.78 is 20.2. The Bertz CT molecular complexity index is 851. The van der Waals surface area contributed by atoms with Crippen molar-refractivity contribution in [2.75, 3.05) is 14.2 Å². The van der Waals surface area contributed by atoms with Crippen LogP contribution in [0.2, 0.25) is 0 Å². The van der Waals surface area contributed by atoms with Gasteiger partial charge in [0.05, 0.1) is 14.2 Å². The van der Waals surface area contributed by atoms with E-state index < -0.39 is 24.1 Å². The molecule has 0 heterocycles. The molecule has 29 heavy (non-hydrogen) atoms. The van der Waals surface area contributed by atoms with Gasteiger partial charge in [-0.05, 0) is 23.3 Å². The van der Waals surface area contributed by atoms with Crippen LogP contribution in [0.25, 0.3) is 0 Å². The van der Waals surface area contributed by atoms with Crippen molar-refractivity contribution in [2.45, 2.75) is 26.0 Å². The second-order valence-corrected chi connectivity index (χ2v) is 6.06. The van der Waals surface area contributed by atoms with Crippen molar-refractivity contribution in [2.24, 2.45) is 0 Å². The third-order valence-corrected chi connectivity index (χ3v) is 3.91. The number of hydrogen-bond acceptors (Lipinski definition) is 7. The Labute approximate surface area is 168 Å². The summed E-state index contributed by atoms with van der Waals surface area (Å²) in [5, 5.41) is 2.50. The summed E-state index contributed by atoms with van der Waals surface area (Å²) in [4.78, 5) is 35.5. The number of carbonyl (C=O) groups excluding carboxylic acids is 3. The highest BCUT2D eigenvalue weighted by Crippen LogP contribution is 2.28. The van der Waals surface area contributed by atoms with Gasteiger partial charge in [0.15, 0.2) is 11.5 Å². The molecule has 0 aliphatic heterocycles. The molecule has 0 spiro atoms. The molecule has 0 radical (unpaired) electrons. The van der Waals surface area contributed by atoms with Crippen LogP contribution in [-0.4, -0.2) is 38.3 Å². The van der Waals surface area contributed by atoms with E-state index in [1.807, 2.05) is 30.3 Å². The highest BCUT2D eigenvalue weighted by atomic mass is 16.6. The second-order valence-electron chi connectivity index (χ2n) is 6.06. The highest BCUT2D eigenvalue weighted by molar-refractivity contribution is 5.81. The monoisotopic (exact) mass is 401 g/mol. The van der Waals surface area contributed by atoms with Crippen LogP contribution in [0.3, 0.4) is 0 Å². The molecule has 0 aromatic heterocycles. The maximum atomic E-state index is 12.1. The molecule has 0 unspecified atom stereocenters. The maximum absolute atomic E-state index is 12.1. The van der Waals surface area contributed by atoms with Gasteiger partial charge >= 0.3 is 18.0 Å².